The SMILES string of the molecule is CCCN(CCC)C(=O)c1cccc(O)c1OC. The minimum absolute atomic E-state index is 0.00343. The number of phenolic OH excluding ortho intramolecular Hbond substituents is 1. The fourth-order valence-electron chi connectivity index (χ4n) is 1.93. The average molecular weight is 251 g/mol. The summed E-state index contributed by atoms with van der Waals surface area (Å²) in [6.07, 6.45) is 1.82. The standard InChI is InChI=1S/C14H21NO3/c1-4-9-15(10-5-2)14(17)11-7-6-8-12(16)13(11)18-3/h6-8,16H,4-5,9-10H2,1-3H3. The number of hydrogen-bond acceptors (Lipinski definition) is 3. The number of amides is 1. The van der Waals surface area contributed by atoms with Crippen molar-refractivity contribution in [2.45, 2.75) is 26.7 Å². The van der Waals surface area contributed by atoms with Crippen molar-refractivity contribution >= 4 is 5.91 Å². The van der Waals surface area contributed by atoms with E-state index in [9.17, 15) is 9.90 Å². The first-order valence-corrected chi connectivity index (χ1v) is 6.30. The van der Waals surface area contributed by atoms with Gasteiger partial charge in [-0.25, -0.2) is 0 Å². The summed E-state index contributed by atoms with van der Waals surface area (Å²) in [6, 6.07) is 4.85. The van der Waals surface area contributed by atoms with Crippen LogP contribution < -0.4 is 4.74 Å². The minimum atomic E-state index is -0.0912. The van der Waals surface area contributed by atoms with E-state index in [0.717, 1.165) is 12.8 Å². The fraction of sp³-hybridized carbons (Fsp3) is 0.500. The van der Waals surface area contributed by atoms with Gasteiger partial charge in [0.2, 0.25) is 0 Å². The van der Waals surface area contributed by atoms with Crippen LogP contribution in [0.25, 0.3) is 0 Å². The molecule has 0 aliphatic heterocycles. The number of phenols is 1. The smallest absolute Gasteiger partial charge is 0.257 e. The van der Waals surface area contributed by atoms with Crippen molar-refractivity contribution in [3.8, 4) is 11.5 Å². The minimum Gasteiger partial charge on any atom is -0.504 e. The van der Waals surface area contributed by atoms with Crippen molar-refractivity contribution in [2.24, 2.45) is 0 Å². The molecule has 0 aromatic heterocycles. The first-order chi connectivity index (χ1) is 8.65. The monoisotopic (exact) mass is 251 g/mol. The Labute approximate surface area is 108 Å². The summed E-state index contributed by atoms with van der Waals surface area (Å²) < 4.78 is 5.11. The molecule has 0 aliphatic carbocycles. The molecule has 0 fully saturated rings. The van der Waals surface area contributed by atoms with Gasteiger partial charge >= 0.3 is 0 Å². The third-order valence-electron chi connectivity index (χ3n) is 2.70. The number of nitrogens with zero attached hydrogens (tertiary/aromatic N) is 1. The Morgan fingerprint density at radius 2 is 1.89 bits per heavy atom. The van der Waals surface area contributed by atoms with Gasteiger partial charge in [-0.05, 0) is 25.0 Å². The highest BCUT2D eigenvalue weighted by Crippen LogP contribution is 2.30. The van der Waals surface area contributed by atoms with Crippen LogP contribution in [0.3, 0.4) is 0 Å². The summed E-state index contributed by atoms with van der Waals surface area (Å²) in [6.45, 7) is 5.50. The fourth-order valence-corrected chi connectivity index (χ4v) is 1.93. The molecule has 1 rings (SSSR count). The molecule has 0 saturated heterocycles. The number of aromatic hydroxyl groups is 1. The van der Waals surface area contributed by atoms with E-state index in [2.05, 4.69) is 0 Å². The molecule has 0 heterocycles. The summed E-state index contributed by atoms with van der Waals surface area (Å²) >= 11 is 0. The van der Waals surface area contributed by atoms with Crippen LogP contribution >= 0.6 is 0 Å². The van der Waals surface area contributed by atoms with Crippen LogP contribution in [0.15, 0.2) is 18.2 Å². The summed E-state index contributed by atoms with van der Waals surface area (Å²) in [4.78, 5) is 14.2. The van der Waals surface area contributed by atoms with Crippen LogP contribution in [-0.4, -0.2) is 36.1 Å². The van der Waals surface area contributed by atoms with Crippen molar-refractivity contribution in [1.82, 2.24) is 4.90 Å². The zero-order valence-electron chi connectivity index (χ0n) is 11.3. The summed E-state index contributed by atoms with van der Waals surface area (Å²) in [5.74, 6) is 0.155. The number of rotatable bonds is 6. The van der Waals surface area contributed by atoms with Crippen molar-refractivity contribution < 1.29 is 14.6 Å². The quantitative estimate of drug-likeness (QED) is 0.845. The molecule has 100 valence electrons. The van der Waals surface area contributed by atoms with Crippen LogP contribution in [0.2, 0.25) is 0 Å². The van der Waals surface area contributed by atoms with Gasteiger partial charge in [0.15, 0.2) is 11.5 Å². The Bertz CT molecular complexity index is 398. The van der Waals surface area contributed by atoms with E-state index in [-0.39, 0.29) is 17.4 Å². The van der Waals surface area contributed by atoms with Gasteiger partial charge in [0, 0.05) is 13.1 Å². The van der Waals surface area contributed by atoms with Crippen molar-refractivity contribution in [3.63, 3.8) is 0 Å². The molecule has 0 unspecified atom stereocenters. The molecule has 1 N–H and O–H groups in total. The van der Waals surface area contributed by atoms with Crippen LogP contribution in [0.1, 0.15) is 37.0 Å². The van der Waals surface area contributed by atoms with E-state index in [1.54, 1.807) is 17.0 Å². The second kappa shape index (κ2) is 6.89. The lowest BCUT2D eigenvalue weighted by Crippen LogP contribution is -2.32. The lowest BCUT2D eigenvalue weighted by molar-refractivity contribution is 0.0751. The maximum Gasteiger partial charge on any atom is 0.257 e. The number of para-hydroxylation sites is 1. The van der Waals surface area contributed by atoms with Crippen molar-refractivity contribution in [2.75, 3.05) is 20.2 Å². The normalized spacial score (nSPS) is 10.2. The topological polar surface area (TPSA) is 49.8 Å². The Kier molecular flexibility index (Phi) is 5.49. The molecule has 0 saturated carbocycles. The van der Waals surface area contributed by atoms with Gasteiger partial charge in [-0.2, -0.15) is 0 Å². The van der Waals surface area contributed by atoms with Crippen LogP contribution in [0.4, 0.5) is 0 Å². The maximum atomic E-state index is 12.4. The van der Waals surface area contributed by atoms with Gasteiger partial charge in [-0.1, -0.05) is 19.9 Å². The molecule has 4 heteroatoms. The molecule has 0 atom stereocenters. The Morgan fingerprint density at radius 1 is 1.28 bits per heavy atom. The lowest BCUT2D eigenvalue weighted by Gasteiger charge is -2.22. The predicted molar refractivity (Wildman–Crippen MR) is 71.1 cm³/mol. The second-order valence-electron chi connectivity index (χ2n) is 4.15. The second-order valence-corrected chi connectivity index (χ2v) is 4.15. The van der Waals surface area contributed by atoms with Crippen LogP contribution in [0.5, 0.6) is 11.5 Å². The molecular weight excluding hydrogens is 230 g/mol. The van der Waals surface area contributed by atoms with Gasteiger partial charge in [-0.3, -0.25) is 4.79 Å². The zero-order valence-corrected chi connectivity index (χ0v) is 11.3. The molecule has 1 aromatic rings. The third kappa shape index (κ3) is 3.15. The lowest BCUT2D eigenvalue weighted by atomic mass is 10.1. The number of carbonyl (C=O) groups excluding carboxylic acids is 1. The zero-order chi connectivity index (χ0) is 13.5. The van der Waals surface area contributed by atoms with Gasteiger partial charge in [0.25, 0.3) is 5.91 Å². The van der Waals surface area contributed by atoms with E-state index < -0.39 is 0 Å². The van der Waals surface area contributed by atoms with Gasteiger partial charge in [0.05, 0.1) is 12.7 Å². The Balaban J connectivity index is 3.04. The van der Waals surface area contributed by atoms with E-state index in [1.165, 1.54) is 13.2 Å². The molecule has 0 bridgehead atoms. The number of carbonyl (C=O) groups is 1. The summed E-state index contributed by atoms with van der Waals surface area (Å²) in [5, 5.41) is 9.69. The molecule has 0 radical (unpaired) electrons. The highest BCUT2D eigenvalue weighted by molar-refractivity contribution is 5.97. The van der Waals surface area contributed by atoms with E-state index in [0.29, 0.717) is 18.7 Å². The predicted octanol–water partition coefficient (Wildman–Crippen LogP) is 2.66. The number of hydrogen-bond donors (Lipinski definition) is 1. The summed E-state index contributed by atoms with van der Waals surface area (Å²) in [7, 11) is 1.45. The highest BCUT2D eigenvalue weighted by atomic mass is 16.5. The molecular formula is C14H21NO3. The summed E-state index contributed by atoms with van der Waals surface area (Å²) in [5.41, 5.74) is 0.416. The van der Waals surface area contributed by atoms with Crippen molar-refractivity contribution in [1.29, 1.82) is 0 Å². The number of ether oxygens (including phenoxy) is 1. The van der Waals surface area contributed by atoms with Gasteiger partial charge in [0.1, 0.15) is 0 Å². The number of methoxy groups -OCH3 is 1. The first kappa shape index (κ1) is 14.4. The molecule has 0 aliphatic rings. The molecule has 1 aromatic carbocycles. The van der Waals surface area contributed by atoms with Crippen LogP contribution in [-0.2, 0) is 0 Å². The van der Waals surface area contributed by atoms with Gasteiger partial charge < -0.3 is 14.7 Å². The molecule has 1 amide bonds. The van der Waals surface area contributed by atoms with Crippen molar-refractivity contribution in [3.05, 3.63) is 23.8 Å². The Hall–Kier alpha value is -1.71. The maximum absolute atomic E-state index is 12.4. The third-order valence-corrected chi connectivity index (χ3v) is 2.70. The average Bonchev–Trinajstić information content (AvgIpc) is 2.37. The van der Waals surface area contributed by atoms with E-state index in [4.69, 9.17) is 4.74 Å². The molecule has 18 heavy (non-hydrogen) atoms. The molecule has 0 spiro atoms. The number of benzene rings is 1. The van der Waals surface area contributed by atoms with E-state index in [1.807, 2.05) is 13.8 Å². The largest absolute Gasteiger partial charge is 0.504 e. The van der Waals surface area contributed by atoms with E-state index >= 15 is 0 Å². The highest BCUT2D eigenvalue weighted by Gasteiger charge is 2.20. The first-order valence-electron chi connectivity index (χ1n) is 6.30. The Morgan fingerprint density at radius 3 is 2.39 bits per heavy atom. The van der Waals surface area contributed by atoms with Gasteiger partial charge in [-0.15, -0.1) is 0 Å². The van der Waals surface area contributed by atoms with Crippen LogP contribution in [0, 0.1) is 0 Å². The molecule has 4 nitrogen and oxygen atoms in total.